The first kappa shape index (κ1) is 16.2. The molecular weight excluding hydrogens is 299 g/mol. The number of halogens is 1. The summed E-state index contributed by atoms with van der Waals surface area (Å²) in [5.74, 6) is -1.37. The number of nitrogens with one attached hydrogen (secondary N) is 1. The Bertz CT molecular complexity index is 772. The third kappa shape index (κ3) is 4.41. The maximum absolute atomic E-state index is 13.5. The lowest BCUT2D eigenvalue weighted by molar-refractivity contribution is -0.111. The summed E-state index contributed by atoms with van der Waals surface area (Å²) in [6.45, 7) is 0. The highest BCUT2D eigenvalue weighted by Gasteiger charge is 2.04. The number of methoxy groups -OCH3 is 1. The summed E-state index contributed by atoms with van der Waals surface area (Å²) in [4.78, 5) is 22.9. The lowest BCUT2D eigenvalue weighted by atomic mass is 10.2. The van der Waals surface area contributed by atoms with Crippen molar-refractivity contribution in [3.05, 3.63) is 65.5 Å². The second-order valence-electron chi connectivity index (χ2n) is 4.66. The lowest BCUT2D eigenvalue weighted by Gasteiger charge is -2.04. The van der Waals surface area contributed by atoms with Gasteiger partial charge < -0.3 is 15.8 Å². The topological polar surface area (TPSA) is 81.4 Å². The summed E-state index contributed by atoms with van der Waals surface area (Å²) in [6, 6.07) is 10.6. The molecule has 0 heterocycles. The predicted octanol–water partition coefficient (Wildman–Crippen LogP) is 2.59. The van der Waals surface area contributed by atoms with Crippen molar-refractivity contribution in [1.82, 2.24) is 0 Å². The number of hydrogen-bond donors (Lipinski definition) is 2. The Morgan fingerprint density at radius 3 is 2.65 bits per heavy atom. The van der Waals surface area contributed by atoms with Crippen molar-refractivity contribution in [1.29, 1.82) is 0 Å². The first-order valence-electron chi connectivity index (χ1n) is 6.72. The predicted molar refractivity (Wildman–Crippen MR) is 85.6 cm³/mol. The van der Waals surface area contributed by atoms with E-state index in [0.29, 0.717) is 16.8 Å². The van der Waals surface area contributed by atoms with Gasteiger partial charge in [-0.05, 0) is 42.0 Å². The van der Waals surface area contributed by atoms with Crippen molar-refractivity contribution in [2.45, 2.75) is 0 Å². The van der Waals surface area contributed by atoms with Gasteiger partial charge in [0.05, 0.1) is 7.11 Å². The first-order valence-corrected chi connectivity index (χ1v) is 6.72. The highest BCUT2D eigenvalue weighted by atomic mass is 19.1. The maximum Gasteiger partial charge on any atom is 0.248 e. The molecule has 0 saturated heterocycles. The van der Waals surface area contributed by atoms with Crippen molar-refractivity contribution >= 4 is 23.6 Å². The minimum absolute atomic E-state index is 0.134. The number of carbonyl (C=O) groups is 2. The number of rotatable bonds is 5. The summed E-state index contributed by atoms with van der Waals surface area (Å²) >= 11 is 0. The van der Waals surface area contributed by atoms with E-state index < -0.39 is 17.6 Å². The van der Waals surface area contributed by atoms with Crippen molar-refractivity contribution < 1.29 is 18.7 Å². The van der Waals surface area contributed by atoms with Crippen LogP contribution in [0.15, 0.2) is 48.5 Å². The summed E-state index contributed by atoms with van der Waals surface area (Å²) in [5.41, 5.74) is 6.43. The molecule has 0 aliphatic heterocycles. The van der Waals surface area contributed by atoms with Crippen LogP contribution in [0.25, 0.3) is 6.08 Å². The number of ether oxygens (including phenoxy) is 1. The van der Waals surface area contributed by atoms with Gasteiger partial charge in [-0.3, -0.25) is 9.59 Å². The van der Waals surface area contributed by atoms with Crippen LogP contribution in [0.3, 0.4) is 0 Å². The summed E-state index contributed by atoms with van der Waals surface area (Å²) in [6.07, 6.45) is 2.73. The summed E-state index contributed by atoms with van der Waals surface area (Å²) < 4.78 is 18.4. The zero-order valence-corrected chi connectivity index (χ0v) is 12.4. The van der Waals surface area contributed by atoms with E-state index >= 15 is 0 Å². The molecule has 0 aliphatic carbocycles. The van der Waals surface area contributed by atoms with Gasteiger partial charge in [0.1, 0.15) is 0 Å². The molecule has 2 aromatic rings. The van der Waals surface area contributed by atoms with Gasteiger partial charge in [-0.1, -0.05) is 12.1 Å². The van der Waals surface area contributed by atoms with Crippen LogP contribution >= 0.6 is 0 Å². The van der Waals surface area contributed by atoms with Gasteiger partial charge in [-0.25, -0.2) is 4.39 Å². The smallest absolute Gasteiger partial charge is 0.248 e. The molecule has 3 N–H and O–H groups in total. The average molecular weight is 314 g/mol. The van der Waals surface area contributed by atoms with Crippen LogP contribution in [0.2, 0.25) is 0 Å². The van der Waals surface area contributed by atoms with Gasteiger partial charge >= 0.3 is 0 Å². The molecule has 0 fully saturated rings. The standard InChI is InChI=1S/C17H15FN2O3/c1-23-15-7-5-11(9-14(15)18)6-8-16(21)20-13-4-2-3-12(10-13)17(19)22/h2-10H,1H3,(H2,19,22)(H,20,21)/b8-6+. The molecule has 2 aromatic carbocycles. The van der Waals surface area contributed by atoms with Crippen molar-refractivity contribution in [3.63, 3.8) is 0 Å². The Labute approximate surface area is 132 Å². The molecule has 0 bridgehead atoms. The summed E-state index contributed by atoms with van der Waals surface area (Å²) in [5, 5.41) is 2.59. The summed E-state index contributed by atoms with van der Waals surface area (Å²) in [7, 11) is 1.38. The van der Waals surface area contributed by atoms with Crippen LogP contribution in [0.1, 0.15) is 15.9 Å². The lowest BCUT2D eigenvalue weighted by Crippen LogP contribution is -2.12. The number of nitrogens with two attached hydrogens (primary N) is 1. The number of hydrogen-bond acceptors (Lipinski definition) is 3. The molecule has 6 heteroatoms. The van der Waals surface area contributed by atoms with Crippen LogP contribution in [0, 0.1) is 5.82 Å². The normalized spacial score (nSPS) is 10.5. The van der Waals surface area contributed by atoms with Gasteiger partial charge in [-0.15, -0.1) is 0 Å². The van der Waals surface area contributed by atoms with Crippen LogP contribution in [-0.4, -0.2) is 18.9 Å². The molecular formula is C17H15FN2O3. The Kier molecular flexibility index (Phi) is 5.09. The Hall–Kier alpha value is -3.15. The Morgan fingerprint density at radius 2 is 2.00 bits per heavy atom. The van der Waals surface area contributed by atoms with Gasteiger partial charge in [-0.2, -0.15) is 0 Å². The molecule has 2 rings (SSSR count). The molecule has 2 amide bonds. The minimum atomic E-state index is -0.578. The van der Waals surface area contributed by atoms with Gasteiger partial charge in [0.25, 0.3) is 0 Å². The fourth-order valence-corrected chi connectivity index (χ4v) is 1.89. The molecule has 0 saturated carbocycles. The zero-order chi connectivity index (χ0) is 16.8. The maximum atomic E-state index is 13.5. The van der Waals surface area contributed by atoms with Crippen molar-refractivity contribution in [3.8, 4) is 5.75 Å². The number of benzene rings is 2. The largest absolute Gasteiger partial charge is 0.494 e. The number of amides is 2. The highest BCUT2D eigenvalue weighted by Crippen LogP contribution is 2.18. The SMILES string of the molecule is COc1ccc(/C=C/C(=O)Nc2cccc(C(N)=O)c2)cc1F. The molecule has 0 aliphatic rings. The van der Waals surface area contributed by atoms with E-state index in [1.165, 1.54) is 37.5 Å². The molecule has 118 valence electrons. The fourth-order valence-electron chi connectivity index (χ4n) is 1.89. The zero-order valence-electron chi connectivity index (χ0n) is 12.4. The first-order chi connectivity index (χ1) is 11.0. The quantitative estimate of drug-likeness (QED) is 0.832. The van der Waals surface area contributed by atoms with Crippen LogP contribution in [-0.2, 0) is 4.79 Å². The molecule has 0 unspecified atom stereocenters. The molecule has 0 radical (unpaired) electrons. The van der Waals surface area contributed by atoms with E-state index in [9.17, 15) is 14.0 Å². The number of carbonyl (C=O) groups excluding carboxylic acids is 2. The van der Waals surface area contributed by atoms with Crippen LogP contribution in [0.5, 0.6) is 5.75 Å². The van der Waals surface area contributed by atoms with Crippen molar-refractivity contribution in [2.75, 3.05) is 12.4 Å². The van der Waals surface area contributed by atoms with Gasteiger partial charge in [0.2, 0.25) is 11.8 Å². The molecule has 0 aromatic heterocycles. The van der Waals surface area contributed by atoms with E-state index in [1.807, 2.05) is 0 Å². The van der Waals surface area contributed by atoms with Crippen molar-refractivity contribution in [2.24, 2.45) is 5.73 Å². The second kappa shape index (κ2) is 7.22. The molecule has 23 heavy (non-hydrogen) atoms. The van der Waals surface area contributed by atoms with Crippen LogP contribution in [0.4, 0.5) is 10.1 Å². The van der Waals surface area contributed by atoms with E-state index in [0.717, 1.165) is 0 Å². The monoisotopic (exact) mass is 314 g/mol. The third-order valence-electron chi connectivity index (χ3n) is 3.02. The van der Waals surface area contributed by atoms with E-state index in [1.54, 1.807) is 24.3 Å². The van der Waals surface area contributed by atoms with Crippen LogP contribution < -0.4 is 15.8 Å². The second-order valence-corrected chi connectivity index (χ2v) is 4.66. The fraction of sp³-hybridized carbons (Fsp3) is 0.0588. The minimum Gasteiger partial charge on any atom is -0.494 e. The average Bonchev–Trinajstić information content (AvgIpc) is 2.53. The Balaban J connectivity index is 2.05. The van der Waals surface area contributed by atoms with E-state index in [2.05, 4.69) is 5.32 Å². The van der Waals surface area contributed by atoms with Gasteiger partial charge in [0, 0.05) is 17.3 Å². The molecule has 0 atom stereocenters. The number of primary amides is 1. The van der Waals surface area contributed by atoms with E-state index in [4.69, 9.17) is 10.5 Å². The highest BCUT2D eigenvalue weighted by molar-refractivity contribution is 6.03. The Morgan fingerprint density at radius 1 is 1.22 bits per heavy atom. The molecule has 5 nitrogen and oxygen atoms in total. The van der Waals surface area contributed by atoms with Gasteiger partial charge in [0.15, 0.2) is 11.6 Å². The third-order valence-corrected chi connectivity index (χ3v) is 3.02. The molecule has 0 spiro atoms. The number of anilines is 1. The van der Waals surface area contributed by atoms with E-state index in [-0.39, 0.29) is 5.75 Å².